The van der Waals surface area contributed by atoms with Gasteiger partial charge in [-0.2, -0.15) is 0 Å². The summed E-state index contributed by atoms with van der Waals surface area (Å²) in [7, 11) is 0. The molecular formula is C40H78O9. The van der Waals surface area contributed by atoms with Crippen molar-refractivity contribution in [2.45, 2.75) is 237 Å². The van der Waals surface area contributed by atoms with Crippen LogP contribution in [0.3, 0.4) is 0 Å². The number of ether oxygens (including phenoxy) is 3. The zero-order valence-electron chi connectivity index (χ0n) is 31.6. The van der Waals surface area contributed by atoms with Gasteiger partial charge < -0.3 is 39.7 Å². The lowest BCUT2D eigenvalue weighted by atomic mass is 9.99. The lowest BCUT2D eigenvalue weighted by Gasteiger charge is -2.40. The average Bonchev–Trinajstić information content (AvgIpc) is 3.10. The minimum atomic E-state index is -1.54. The number of aliphatic hydroxyl groups is 5. The summed E-state index contributed by atoms with van der Waals surface area (Å²) in [6.07, 6.45) is 22.9. The third-order valence-corrected chi connectivity index (χ3v) is 10.0. The quantitative estimate of drug-likeness (QED) is 0.0327. The molecule has 0 radical (unpaired) electrons. The topological polar surface area (TPSA) is 146 Å². The van der Waals surface area contributed by atoms with Gasteiger partial charge in [0.05, 0.1) is 19.3 Å². The summed E-state index contributed by atoms with van der Waals surface area (Å²) in [6.45, 7) is 3.87. The lowest BCUT2D eigenvalue weighted by Crippen LogP contribution is -2.59. The average molecular weight is 703 g/mol. The Balaban J connectivity index is 2.37. The van der Waals surface area contributed by atoms with Crippen molar-refractivity contribution in [1.29, 1.82) is 0 Å². The van der Waals surface area contributed by atoms with E-state index in [0.717, 1.165) is 38.5 Å². The van der Waals surface area contributed by atoms with Crippen LogP contribution in [0.2, 0.25) is 0 Å². The Hall–Kier alpha value is -0.650. The van der Waals surface area contributed by atoms with Crippen molar-refractivity contribution >= 4 is 5.78 Å². The monoisotopic (exact) mass is 703 g/mol. The first-order chi connectivity index (χ1) is 23.8. The Morgan fingerprint density at radius 3 is 1.51 bits per heavy atom. The van der Waals surface area contributed by atoms with Gasteiger partial charge in [-0.3, -0.25) is 4.79 Å². The SMILES string of the molecule is CCCCCCCCCCCCCCC(=O)CCC(COC1OC(CO)C(O)C(O)C1O)OC(O)CCCCCCCCCCCCCC. The van der Waals surface area contributed by atoms with Crippen LogP contribution in [-0.4, -0.2) is 87.6 Å². The Morgan fingerprint density at radius 1 is 0.592 bits per heavy atom. The van der Waals surface area contributed by atoms with Crippen LogP contribution in [0.25, 0.3) is 0 Å². The predicted octanol–water partition coefficient (Wildman–Crippen LogP) is 8.04. The minimum Gasteiger partial charge on any atom is -0.394 e. The zero-order chi connectivity index (χ0) is 36.0. The van der Waals surface area contributed by atoms with E-state index in [-0.39, 0.29) is 12.4 Å². The molecule has 292 valence electrons. The second-order valence-corrected chi connectivity index (χ2v) is 14.6. The number of carbonyl (C=O) groups is 1. The predicted molar refractivity (Wildman–Crippen MR) is 196 cm³/mol. The number of hydrogen-bond acceptors (Lipinski definition) is 9. The van der Waals surface area contributed by atoms with Crippen molar-refractivity contribution in [1.82, 2.24) is 0 Å². The van der Waals surface area contributed by atoms with Gasteiger partial charge in [0.25, 0.3) is 0 Å². The van der Waals surface area contributed by atoms with Gasteiger partial charge in [0.15, 0.2) is 12.6 Å². The highest BCUT2D eigenvalue weighted by Gasteiger charge is 2.44. The summed E-state index contributed by atoms with van der Waals surface area (Å²) in [5.74, 6) is 0.156. The number of hydrogen-bond donors (Lipinski definition) is 5. The van der Waals surface area contributed by atoms with Crippen molar-refractivity contribution in [3.05, 3.63) is 0 Å². The molecule has 9 heteroatoms. The fourth-order valence-corrected chi connectivity index (χ4v) is 6.66. The molecule has 7 unspecified atom stereocenters. The maximum absolute atomic E-state index is 12.7. The molecule has 0 bridgehead atoms. The molecule has 7 atom stereocenters. The molecule has 5 N–H and O–H groups in total. The Labute approximate surface area is 299 Å². The van der Waals surface area contributed by atoms with Crippen LogP contribution >= 0.6 is 0 Å². The van der Waals surface area contributed by atoms with E-state index in [0.29, 0.717) is 25.7 Å². The van der Waals surface area contributed by atoms with Crippen LogP contribution in [0.1, 0.15) is 194 Å². The van der Waals surface area contributed by atoms with Gasteiger partial charge in [0, 0.05) is 12.8 Å². The molecule has 0 aromatic carbocycles. The largest absolute Gasteiger partial charge is 0.394 e. The van der Waals surface area contributed by atoms with E-state index in [1.807, 2.05) is 0 Å². The van der Waals surface area contributed by atoms with Gasteiger partial charge in [-0.05, 0) is 25.7 Å². The first-order valence-electron chi connectivity index (χ1n) is 20.6. The molecule has 1 saturated heterocycles. The molecule has 1 rings (SSSR count). The van der Waals surface area contributed by atoms with Gasteiger partial charge in [0.2, 0.25) is 0 Å². The molecule has 1 aliphatic heterocycles. The lowest BCUT2D eigenvalue weighted by molar-refractivity contribution is -0.308. The van der Waals surface area contributed by atoms with E-state index in [2.05, 4.69) is 13.8 Å². The van der Waals surface area contributed by atoms with Crippen LogP contribution in [0.5, 0.6) is 0 Å². The maximum atomic E-state index is 12.7. The Morgan fingerprint density at radius 2 is 1.04 bits per heavy atom. The highest BCUT2D eigenvalue weighted by Crippen LogP contribution is 2.23. The number of carbonyl (C=O) groups excluding carboxylic acids is 1. The molecule has 9 nitrogen and oxygen atoms in total. The third kappa shape index (κ3) is 24.3. The van der Waals surface area contributed by atoms with Crippen molar-refractivity contribution in [2.75, 3.05) is 13.2 Å². The summed E-state index contributed by atoms with van der Waals surface area (Å²) >= 11 is 0. The molecule has 1 fully saturated rings. The highest BCUT2D eigenvalue weighted by molar-refractivity contribution is 5.78. The number of unbranched alkanes of at least 4 members (excludes halogenated alkanes) is 22. The standard InChI is InChI=1S/C40H78O9/c1-3-5-7-9-11-13-15-17-19-21-23-25-27-33(42)29-30-34(32-47-40-39(46)38(45)37(44)35(31-41)49-40)48-36(43)28-26-24-22-20-18-16-14-12-10-8-6-4-2/h34-41,43-46H,3-32H2,1-2H3. The number of Topliss-reactive ketones (excluding diaryl/α,β-unsaturated/α-hetero) is 1. The van der Waals surface area contributed by atoms with Crippen LogP contribution in [-0.2, 0) is 19.0 Å². The van der Waals surface area contributed by atoms with Crippen molar-refractivity contribution in [3.63, 3.8) is 0 Å². The van der Waals surface area contributed by atoms with E-state index in [1.165, 1.54) is 116 Å². The summed E-state index contributed by atoms with van der Waals surface area (Å²) in [5, 5.41) is 50.7. The second kappa shape index (κ2) is 32.0. The molecule has 0 aromatic heterocycles. The minimum absolute atomic E-state index is 0.0793. The molecule has 1 heterocycles. The van der Waals surface area contributed by atoms with E-state index in [9.17, 15) is 30.3 Å². The van der Waals surface area contributed by atoms with Gasteiger partial charge in [-0.1, -0.05) is 155 Å². The number of ketones is 1. The van der Waals surface area contributed by atoms with Crippen LogP contribution < -0.4 is 0 Å². The zero-order valence-corrected chi connectivity index (χ0v) is 31.6. The van der Waals surface area contributed by atoms with Crippen LogP contribution in [0, 0.1) is 0 Å². The Kier molecular flexibility index (Phi) is 30.3. The molecule has 0 saturated carbocycles. The van der Waals surface area contributed by atoms with Gasteiger partial charge in [0.1, 0.15) is 30.2 Å². The molecule has 49 heavy (non-hydrogen) atoms. The van der Waals surface area contributed by atoms with Crippen LogP contribution in [0.15, 0.2) is 0 Å². The summed E-state index contributed by atoms with van der Waals surface area (Å²) in [5.41, 5.74) is 0. The second-order valence-electron chi connectivity index (χ2n) is 14.6. The number of aliphatic hydroxyl groups excluding tert-OH is 5. The molecule has 0 spiro atoms. The maximum Gasteiger partial charge on any atom is 0.186 e. The summed E-state index contributed by atoms with van der Waals surface area (Å²) < 4.78 is 17.1. The van der Waals surface area contributed by atoms with Gasteiger partial charge in [-0.25, -0.2) is 0 Å². The summed E-state index contributed by atoms with van der Waals surface area (Å²) in [4.78, 5) is 12.7. The van der Waals surface area contributed by atoms with E-state index in [1.54, 1.807) is 0 Å². The van der Waals surface area contributed by atoms with E-state index >= 15 is 0 Å². The van der Waals surface area contributed by atoms with Gasteiger partial charge in [-0.15, -0.1) is 0 Å². The molecule has 0 aliphatic carbocycles. The molecular weight excluding hydrogens is 624 g/mol. The summed E-state index contributed by atoms with van der Waals surface area (Å²) in [6, 6.07) is 0. The fourth-order valence-electron chi connectivity index (χ4n) is 6.66. The van der Waals surface area contributed by atoms with Crippen molar-refractivity contribution < 1.29 is 44.5 Å². The van der Waals surface area contributed by atoms with E-state index in [4.69, 9.17) is 14.2 Å². The fraction of sp³-hybridized carbons (Fsp3) is 0.975. The first kappa shape index (κ1) is 46.4. The highest BCUT2D eigenvalue weighted by atomic mass is 16.7. The third-order valence-electron chi connectivity index (χ3n) is 10.0. The van der Waals surface area contributed by atoms with Crippen molar-refractivity contribution in [3.8, 4) is 0 Å². The first-order valence-corrected chi connectivity index (χ1v) is 20.6. The molecule has 0 amide bonds. The van der Waals surface area contributed by atoms with Gasteiger partial charge >= 0.3 is 0 Å². The number of rotatable bonds is 35. The Bertz CT molecular complexity index is 737. The van der Waals surface area contributed by atoms with Crippen molar-refractivity contribution in [2.24, 2.45) is 0 Å². The molecule has 0 aromatic rings. The smallest absolute Gasteiger partial charge is 0.186 e. The van der Waals surface area contributed by atoms with Crippen LogP contribution in [0.4, 0.5) is 0 Å². The van der Waals surface area contributed by atoms with E-state index < -0.39 is 49.7 Å². The normalized spacial score (nSPS) is 22.4. The molecule has 1 aliphatic rings.